The Balaban J connectivity index is 1.63. The second kappa shape index (κ2) is 7.58. The van der Waals surface area contributed by atoms with E-state index in [2.05, 4.69) is 21.3 Å². The summed E-state index contributed by atoms with van der Waals surface area (Å²) in [6.07, 6.45) is 7.29. The summed E-state index contributed by atoms with van der Waals surface area (Å²) in [5.41, 5.74) is 9.22. The molecule has 0 aliphatic carbocycles. The number of hydrogen-bond donors (Lipinski definition) is 4. The van der Waals surface area contributed by atoms with Crippen LogP contribution in [-0.2, 0) is 6.54 Å². The average Bonchev–Trinajstić information content (AvgIpc) is 3.10. The van der Waals surface area contributed by atoms with Gasteiger partial charge in [-0.25, -0.2) is 9.50 Å². The molecule has 0 unspecified atom stereocenters. The molecular weight excluding hydrogens is 356 g/mol. The van der Waals surface area contributed by atoms with Gasteiger partial charge in [-0.3, -0.25) is 4.90 Å². The molecule has 2 atom stereocenters. The second-order valence-electron chi connectivity index (χ2n) is 7.00. The van der Waals surface area contributed by atoms with Gasteiger partial charge in [-0.2, -0.15) is 5.10 Å². The Labute approximate surface area is 162 Å². The molecule has 3 aromatic rings. The van der Waals surface area contributed by atoms with Crippen molar-refractivity contribution < 1.29 is 10.2 Å². The summed E-state index contributed by atoms with van der Waals surface area (Å²) in [6.45, 7) is 1.33. The van der Waals surface area contributed by atoms with Crippen molar-refractivity contribution in [1.82, 2.24) is 19.5 Å². The first-order chi connectivity index (χ1) is 13.5. The number of β-amino-alcohol motifs (C(OH)–C–C–N with tert-alkyl or cyclic N) is 2. The highest BCUT2D eigenvalue weighted by atomic mass is 16.3. The maximum Gasteiger partial charge on any atom is 0.158 e. The molecule has 0 bridgehead atoms. The fourth-order valence-electron chi connectivity index (χ4n) is 3.53. The number of hydrogen-bond acceptors (Lipinski definition) is 7. The minimum atomic E-state index is -0.766. The van der Waals surface area contributed by atoms with E-state index < -0.39 is 18.2 Å². The predicted octanol–water partition coefficient (Wildman–Crippen LogP) is 0.319. The van der Waals surface area contributed by atoms with Gasteiger partial charge >= 0.3 is 0 Å². The molecule has 0 amide bonds. The molecule has 0 saturated carbocycles. The van der Waals surface area contributed by atoms with Crippen molar-refractivity contribution in [3.05, 3.63) is 54.0 Å². The Morgan fingerprint density at radius 3 is 2.79 bits per heavy atom. The van der Waals surface area contributed by atoms with Crippen LogP contribution in [0.25, 0.3) is 5.52 Å². The Bertz CT molecular complexity index is 1010. The van der Waals surface area contributed by atoms with Crippen LogP contribution >= 0.6 is 0 Å². The number of rotatable bonds is 4. The maximum absolute atomic E-state index is 10.1. The van der Waals surface area contributed by atoms with Gasteiger partial charge in [0, 0.05) is 37.1 Å². The normalized spacial score (nSPS) is 20.9. The van der Waals surface area contributed by atoms with Gasteiger partial charge in [0.25, 0.3) is 0 Å². The SMILES string of the molecule is C#Cc1cccc(Nc2ncnn3ccc(CN4C[C@H](O)C(N)[C@@H](O)C4)c23)c1. The molecule has 8 heteroatoms. The predicted molar refractivity (Wildman–Crippen MR) is 106 cm³/mol. The van der Waals surface area contributed by atoms with E-state index in [1.807, 2.05) is 41.4 Å². The molecule has 144 valence electrons. The third-order valence-electron chi connectivity index (χ3n) is 5.00. The molecule has 4 rings (SSSR count). The van der Waals surface area contributed by atoms with Gasteiger partial charge in [-0.05, 0) is 29.8 Å². The fraction of sp³-hybridized carbons (Fsp3) is 0.300. The topological polar surface area (TPSA) is 112 Å². The molecule has 5 N–H and O–H groups in total. The molecular formula is C20H22N6O2. The largest absolute Gasteiger partial charge is 0.390 e. The van der Waals surface area contributed by atoms with Crippen LogP contribution in [0, 0.1) is 12.3 Å². The maximum atomic E-state index is 10.1. The lowest BCUT2D eigenvalue weighted by Gasteiger charge is -2.37. The number of piperidine rings is 1. The van der Waals surface area contributed by atoms with E-state index >= 15 is 0 Å². The van der Waals surface area contributed by atoms with E-state index in [4.69, 9.17) is 12.2 Å². The minimum absolute atomic E-state index is 0.399. The molecule has 1 aliphatic rings. The highest BCUT2D eigenvalue weighted by molar-refractivity contribution is 5.76. The molecule has 3 heterocycles. The number of aromatic nitrogens is 3. The van der Waals surface area contributed by atoms with Crippen LogP contribution in [0.3, 0.4) is 0 Å². The lowest BCUT2D eigenvalue weighted by molar-refractivity contribution is -0.0289. The van der Waals surface area contributed by atoms with Gasteiger partial charge < -0.3 is 21.3 Å². The van der Waals surface area contributed by atoms with Crippen LogP contribution in [0.15, 0.2) is 42.9 Å². The van der Waals surface area contributed by atoms with Crippen molar-refractivity contribution in [3.63, 3.8) is 0 Å². The van der Waals surface area contributed by atoms with Crippen molar-refractivity contribution in [3.8, 4) is 12.3 Å². The zero-order chi connectivity index (χ0) is 19.7. The van der Waals surface area contributed by atoms with Crippen LogP contribution in [0.1, 0.15) is 11.1 Å². The lowest BCUT2D eigenvalue weighted by Crippen LogP contribution is -2.58. The van der Waals surface area contributed by atoms with Crippen LogP contribution in [0.4, 0.5) is 11.5 Å². The fourth-order valence-corrected chi connectivity index (χ4v) is 3.53. The zero-order valence-electron chi connectivity index (χ0n) is 15.2. The first kappa shape index (κ1) is 18.4. The number of aliphatic hydroxyl groups is 2. The first-order valence-electron chi connectivity index (χ1n) is 9.04. The number of nitrogens with zero attached hydrogens (tertiary/aromatic N) is 4. The molecule has 1 saturated heterocycles. The average molecular weight is 378 g/mol. The van der Waals surface area contributed by atoms with Crippen molar-refractivity contribution in [2.24, 2.45) is 5.73 Å². The third-order valence-corrected chi connectivity index (χ3v) is 5.00. The summed E-state index contributed by atoms with van der Waals surface area (Å²) < 4.78 is 1.75. The Hall–Kier alpha value is -2.96. The van der Waals surface area contributed by atoms with Crippen LogP contribution < -0.4 is 11.1 Å². The van der Waals surface area contributed by atoms with E-state index in [0.717, 1.165) is 22.3 Å². The standard InChI is InChI=1S/C20H22N6O2/c1-2-13-4-3-5-15(8-13)24-20-19-14(6-7-26(19)23-12-22-20)9-25-10-16(27)18(21)17(28)11-25/h1,3-8,12,16-18,27-28H,9-11,21H2,(H,22,23,24)/t16-,17-/m0/s1. The Morgan fingerprint density at radius 1 is 1.25 bits per heavy atom. The summed E-state index contributed by atoms with van der Waals surface area (Å²) in [7, 11) is 0. The van der Waals surface area contributed by atoms with E-state index in [1.165, 1.54) is 6.33 Å². The van der Waals surface area contributed by atoms with Crippen LogP contribution in [-0.4, -0.2) is 61.1 Å². The highest BCUT2D eigenvalue weighted by Crippen LogP contribution is 2.25. The minimum Gasteiger partial charge on any atom is -0.390 e. The number of aliphatic hydroxyl groups excluding tert-OH is 2. The van der Waals surface area contributed by atoms with E-state index in [1.54, 1.807) is 4.52 Å². The van der Waals surface area contributed by atoms with E-state index in [9.17, 15) is 10.2 Å². The summed E-state index contributed by atoms with van der Waals surface area (Å²) in [5.74, 6) is 3.27. The molecule has 1 aliphatic heterocycles. The van der Waals surface area contributed by atoms with E-state index in [0.29, 0.717) is 25.5 Å². The van der Waals surface area contributed by atoms with Crippen molar-refractivity contribution >= 4 is 17.0 Å². The third kappa shape index (κ3) is 3.56. The van der Waals surface area contributed by atoms with Gasteiger partial charge in [-0.1, -0.05) is 12.0 Å². The lowest BCUT2D eigenvalue weighted by atomic mass is 9.99. The molecule has 1 aromatic carbocycles. The smallest absolute Gasteiger partial charge is 0.158 e. The monoisotopic (exact) mass is 378 g/mol. The van der Waals surface area contributed by atoms with Crippen LogP contribution in [0.2, 0.25) is 0 Å². The van der Waals surface area contributed by atoms with Crippen molar-refractivity contribution in [2.45, 2.75) is 24.8 Å². The van der Waals surface area contributed by atoms with Gasteiger partial charge in [0.15, 0.2) is 5.82 Å². The number of nitrogens with one attached hydrogen (secondary N) is 1. The van der Waals surface area contributed by atoms with Crippen molar-refractivity contribution in [1.29, 1.82) is 0 Å². The molecule has 28 heavy (non-hydrogen) atoms. The van der Waals surface area contributed by atoms with Gasteiger partial charge in [0.05, 0.1) is 18.2 Å². The van der Waals surface area contributed by atoms with Gasteiger partial charge in [-0.15, -0.1) is 6.42 Å². The molecule has 0 spiro atoms. The zero-order valence-corrected chi connectivity index (χ0v) is 15.2. The Kier molecular flexibility index (Phi) is 4.98. The highest BCUT2D eigenvalue weighted by Gasteiger charge is 2.32. The number of fused-ring (bicyclic) bond motifs is 1. The molecule has 2 aromatic heterocycles. The Morgan fingerprint density at radius 2 is 2.04 bits per heavy atom. The van der Waals surface area contributed by atoms with E-state index in [-0.39, 0.29) is 0 Å². The summed E-state index contributed by atoms with van der Waals surface area (Å²) in [6, 6.07) is 8.88. The summed E-state index contributed by atoms with van der Waals surface area (Å²) in [4.78, 5) is 6.37. The quantitative estimate of drug-likeness (QED) is 0.484. The second-order valence-corrected chi connectivity index (χ2v) is 7.00. The van der Waals surface area contributed by atoms with Crippen molar-refractivity contribution in [2.75, 3.05) is 18.4 Å². The number of anilines is 2. The number of likely N-dealkylation sites (tertiary alicyclic amines) is 1. The molecule has 0 radical (unpaired) electrons. The van der Waals surface area contributed by atoms with Crippen LogP contribution in [0.5, 0.6) is 0 Å². The summed E-state index contributed by atoms with van der Waals surface area (Å²) >= 11 is 0. The number of nitrogens with two attached hydrogens (primary N) is 1. The molecule has 1 fully saturated rings. The first-order valence-corrected chi connectivity index (χ1v) is 9.04. The van der Waals surface area contributed by atoms with Gasteiger partial charge in [0.2, 0.25) is 0 Å². The molecule has 8 nitrogen and oxygen atoms in total. The number of terminal acetylenes is 1. The summed E-state index contributed by atoms with van der Waals surface area (Å²) in [5, 5.41) is 27.7. The van der Waals surface area contributed by atoms with Gasteiger partial charge in [0.1, 0.15) is 11.8 Å². The number of benzene rings is 1.